The van der Waals surface area contributed by atoms with Gasteiger partial charge in [0.15, 0.2) is 15.8 Å². The van der Waals surface area contributed by atoms with Gasteiger partial charge in [-0.15, -0.1) is 0 Å². The van der Waals surface area contributed by atoms with Crippen LogP contribution in [0.2, 0.25) is 0 Å². The van der Waals surface area contributed by atoms with Crippen LogP contribution in [0.5, 0.6) is 28.7 Å². The third-order valence-electron chi connectivity index (χ3n) is 4.44. The molecule has 0 N–H and O–H groups in total. The number of ether oxygens (including phenoxy) is 5. The Labute approximate surface area is 184 Å². The van der Waals surface area contributed by atoms with Crippen molar-refractivity contribution < 1.29 is 28.5 Å². The van der Waals surface area contributed by atoms with Crippen molar-refractivity contribution in [3.8, 4) is 28.7 Å². The summed E-state index contributed by atoms with van der Waals surface area (Å²) >= 11 is 6.67. The van der Waals surface area contributed by atoms with Crippen LogP contribution in [0.1, 0.15) is 5.56 Å². The van der Waals surface area contributed by atoms with Gasteiger partial charge >= 0.3 is 0 Å². The van der Waals surface area contributed by atoms with Crippen molar-refractivity contribution in [3.63, 3.8) is 0 Å². The number of thiocarbonyl (C=S) groups is 1. The largest absolute Gasteiger partial charge is 0.497 e. The Hall–Kier alpha value is -2.91. The number of hydrogen-bond acceptors (Lipinski definition) is 8. The second-order valence-corrected chi connectivity index (χ2v) is 7.65. The number of nitrogens with zero attached hydrogens (tertiary/aromatic N) is 1. The molecule has 30 heavy (non-hydrogen) atoms. The van der Waals surface area contributed by atoms with Crippen LogP contribution in [0, 0.1) is 0 Å². The predicted molar refractivity (Wildman–Crippen MR) is 121 cm³/mol. The lowest BCUT2D eigenvalue weighted by Gasteiger charge is -2.18. The second-order valence-electron chi connectivity index (χ2n) is 5.98. The van der Waals surface area contributed by atoms with E-state index in [-0.39, 0.29) is 5.91 Å². The lowest BCUT2D eigenvalue weighted by molar-refractivity contribution is -0.113. The maximum Gasteiger partial charge on any atom is 0.270 e. The van der Waals surface area contributed by atoms with E-state index in [0.29, 0.717) is 49.2 Å². The molecule has 0 radical (unpaired) electrons. The van der Waals surface area contributed by atoms with Crippen LogP contribution in [0.25, 0.3) is 6.08 Å². The molecule has 2 aromatic carbocycles. The third-order valence-corrected chi connectivity index (χ3v) is 5.74. The van der Waals surface area contributed by atoms with E-state index in [2.05, 4.69) is 0 Å². The number of carbonyl (C=O) groups excluding carboxylic acids is 1. The minimum atomic E-state index is -0.259. The fraction of sp³-hybridized carbons (Fsp3) is 0.238. The van der Waals surface area contributed by atoms with Gasteiger partial charge in [-0.2, -0.15) is 0 Å². The summed E-state index contributed by atoms with van der Waals surface area (Å²) in [5.41, 5.74) is 1.21. The number of carbonyl (C=O) groups is 1. The average Bonchev–Trinajstić information content (AvgIpc) is 3.05. The summed E-state index contributed by atoms with van der Waals surface area (Å²) in [4.78, 5) is 15.1. The van der Waals surface area contributed by atoms with E-state index in [0.717, 1.165) is 0 Å². The van der Waals surface area contributed by atoms with Crippen LogP contribution in [0.15, 0.2) is 35.2 Å². The van der Waals surface area contributed by atoms with Crippen molar-refractivity contribution in [2.75, 3.05) is 40.4 Å². The quantitative estimate of drug-likeness (QED) is 0.464. The van der Waals surface area contributed by atoms with Crippen LogP contribution in [-0.2, 0) is 4.79 Å². The van der Waals surface area contributed by atoms with Gasteiger partial charge in [0.2, 0.25) is 5.75 Å². The minimum absolute atomic E-state index is 0.259. The smallest absolute Gasteiger partial charge is 0.270 e. The van der Waals surface area contributed by atoms with Crippen molar-refractivity contribution >= 4 is 46.0 Å². The van der Waals surface area contributed by atoms with Crippen molar-refractivity contribution in [3.05, 3.63) is 40.8 Å². The molecule has 1 saturated heterocycles. The Balaban J connectivity index is 2.03. The molecule has 0 aromatic heterocycles. The predicted octanol–water partition coefficient (Wildman–Crippen LogP) is 4.14. The summed E-state index contributed by atoms with van der Waals surface area (Å²) in [6.45, 7) is 0. The fourth-order valence-electron chi connectivity index (χ4n) is 3.02. The Morgan fingerprint density at radius 2 is 1.57 bits per heavy atom. The maximum atomic E-state index is 13.2. The van der Waals surface area contributed by atoms with Crippen LogP contribution < -0.4 is 28.6 Å². The highest BCUT2D eigenvalue weighted by Crippen LogP contribution is 2.44. The van der Waals surface area contributed by atoms with Gasteiger partial charge in [0.05, 0.1) is 46.1 Å². The summed E-state index contributed by atoms with van der Waals surface area (Å²) in [7, 11) is 7.69. The van der Waals surface area contributed by atoms with Crippen molar-refractivity contribution in [1.82, 2.24) is 0 Å². The molecule has 0 spiro atoms. The monoisotopic (exact) mass is 447 g/mol. The van der Waals surface area contributed by atoms with Gasteiger partial charge in [-0.05, 0) is 30.3 Å². The Morgan fingerprint density at radius 3 is 2.17 bits per heavy atom. The number of rotatable bonds is 7. The SMILES string of the molecule is COc1ccc(N2C(=O)C(=Cc3ccc(OC)c(OC)c3OC)SC2=S)c(OC)c1. The third kappa shape index (κ3) is 3.90. The van der Waals surface area contributed by atoms with Crippen LogP contribution in [0.3, 0.4) is 0 Å². The average molecular weight is 448 g/mol. The molecule has 3 rings (SSSR count). The first-order valence-electron chi connectivity index (χ1n) is 8.78. The summed E-state index contributed by atoms with van der Waals surface area (Å²) in [6, 6.07) is 8.73. The highest BCUT2D eigenvalue weighted by molar-refractivity contribution is 8.27. The molecule has 0 bridgehead atoms. The molecular weight excluding hydrogens is 426 g/mol. The van der Waals surface area contributed by atoms with E-state index in [1.807, 2.05) is 0 Å². The molecule has 0 saturated carbocycles. The molecule has 1 fully saturated rings. The summed E-state index contributed by atoms with van der Waals surface area (Å²) in [6.07, 6.45) is 1.72. The van der Waals surface area contributed by atoms with E-state index in [1.54, 1.807) is 50.6 Å². The van der Waals surface area contributed by atoms with Gasteiger partial charge < -0.3 is 23.7 Å². The second kappa shape index (κ2) is 9.27. The zero-order valence-electron chi connectivity index (χ0n) is 17.2. The van der Waals surface area contributed by atoms with Crippen molar-refractivity contribution in [1.29, 1.82) is 0 Å². The van der Waals surface area contributed by atoms with E-state index in [1.165, 1.54) is 38.0 Å². The molecule has 2 aromatic rings. The zero-order valence-corrected chi connectivity index (χ0v) is 18.8. The van der Waals surface area contributed by atoms with Gasteiger partial charge in [0, 0.05) is 11.6 Å². The van der Waals surface area contributed by atoms with Gasteiger partial charge in [-0.1, -0.05) is 24.0 Å². The molecule has 1 amide bonds. The Morgan fingerprint density at radius 1 is 0.867 bits per heavy atom. The van der Waals surface area contributed by atoms with Crippen molar-refractivity contribution in [2.45, 2.75) is 0 Å². The number of anilines is 1. The summed E-state index contributed by atoms with van der Waals surface area (Å²) in [5.74, 6) is 2.28. The zero-order chi connectivity index (χ0) is 21.8. The number of hydrogen-bond donors (Lipinski definition) is 0. The van der Waals surface area contributed by atoms with E-state index < -0.39 is 0 Å². The number of benzene rings is 2. The summed E-state index contributed by atoms with van der Waals surface area (Å²) in [5, 5.41) is 0. The van der Waals surface area contributed by atoms with Gasteiger partial charge in [-0.25, -0.2) is 0 Å². The molecule has 0 atom stereocenters. The standard InChI is InChI=1S/C21H21NO6S2/c1-24-13-7-8-14(16(11-13)26-3)22-20(23)17(30-21(22)29)10-12-6-9-15(25-2)19(28-5)18(12)27-4/h6-11H,1-5H3. The minimum Gasteiger partial charge on any atom is -0.497 e. The Bertz CT molecular complexity index is 1020. The molecule has 7 nitrogen and oxygen atoms in total. The highest BCUT2D eigenvalue weighted by atomic mass is 32.2. The molecule has 0 aliphatic carbocycles. The number of thioether (sulfide) groups is 1. The molecule has 1 aliphatic heterocycles. The van der Waals surface area contributed by atoms with E-state index >= 15 is 0 Å². The van der Waals surface area contributed by atoms with Crippen molar-refractivity contribution in [2.24, 2.45) is 0 Å². The van der Waals surface area contributed by atoms with E-state index in [4.69, 9.17) is 35.9 Å². The number of methoxy groups -OCH3 is 5. The molecule has 0 unspecified atom stereocenters. The topological polar surface area (TPSA) is 66.5 Å². The normalized spacial score (nSPS) is 14.8. The first kappa shape index (κ1) is 21.8. The fourth-order valence-corrected chi connectivity index (χ4v) is 4.30. The highest BCUT2D eigenvalue weighted by Gasteiger charge is 2.35. The molecule has 158 valence electrons. The first-order chi connectivity index (χ1) is 14.5. The van der Waals surface area contributed by atoms with Gasteiger partial charge in [0.1, 0.15) is 11.5 Å². The van der Waals surface area contributed by atoms with E-state index in [9.17, 15) is 4.79 Å². The molecular formula is C21H21NO6S2. The maximum absolute atomic E-state index is 13.2. The van der Waals surface area contributed by atoms with Crippen LogP contribution in [0.4, 0.5) is 5.69 Å². The molecule has 1 aliphatic rings. The summed E-state index contributed by atoms with van der Waals surface area (Å²) < 4.78 is 27.3. The number of amides is 1. The van der Waals surface area contributed by atoms with Crippen LogP contribution in [-0.4, -0.2) is 45.8 Å². The van der Waals surface area contributed by atoms with Gasteiger partial charge in [0.25, 0.3) is 5.91 Å². The Kier molecular flexibility index (Phi) is 6.73. The molecule has 9 heteroatoms. The van der Waals surface area contributed by atoms with Gasteiger partial charge in [-0.3, -0.25) is 9.69 Å². The first-order valence-corrected chi connectivity index (χ1v) is 10.00. The van der Waals surface area contributed by atoms with Crippen LogP contribution >= 0.6 is 24.0 Å². The lowest BCUT2D eigenvalue weighted by Crippen LogP contribution is -2.27. The molecule has 1 heterocycles. The lowest BCUT2D eigenvalue weighted by atomic mass is 10.1.